The molecular formula is C19H20ClFN6O. The predicted octanol–water partition coefficient (Wildman–Crippen LogP) is 3.58. The van der Waals surface area contributed by atoms with Crippen molar-refractivity contribution in [3.05, 3.63) is 65.0 Å². The Morgan fingerprint density at radius 2 is 2.00 bits per heavy atom. The number of carbonyl (C=O) groups is 1. The maximum Gasteiger partial charge on any atom is 0.254 e. The summed E-state index contributed by atoms with van der Waals surface area (Å²) in [5.41, 5.74) is 1.31. The van der Waals surface area contributed by atoms with Gasteiger partial charge >= 0.3 is 0 Å². The number of rotatable bonds is 7. The molecule has 0 fully saturated rings. The standard InChI is InChI=1S/C19H20ClFN6O/c1-13-9-15(11-16(20)10-13)18(28)26(8-3-5-21)14(2)17-24-12-25-27(17)19-22-6-4-7-23-19/h4,6-7,9-12,14H,3,5,8H2,1-2H3. The first-order valence-electron chi connectivity index (χ1n) is 8.82. The van der Waals surface area contributed by atoms with Gasteiger partial charge in [0, 0.05) is 29.5 Å². The Labute approximate surface area is 167 Å². The van der Waals surface area contributed by atoms with E-state index in [2.05, 4.69) is 20.1 Å². The van der Waals surface area contributed by atoms with E-state index in [9.17, 15) is 9.18 Å². The molecule has 0 bridgehead atoms. The van der Waals surface area contributed by atoms with Crippen LogP contribution in [-0.2, 0) is 0 Å². The van der Waals surface area contributed by atoms with Crippen molar-refractivity contribution in [1.82, 2.24) is 29.6 Å². The molecule has 3 aromatic rings. The molecule has 1 aromatic carbocycles. The average Bonchev–Trinajstić information content (AvgIpc) is 3.17. The van der Waals surface area contributed by atoms with E-state index in [1.165, 1.54) is 11.0 Å². The molecule has 0 aliphatic rings. The van der Waals surface area contributed by atoms with E-state index in [4.69, 9.17) is 11.6 Å². The lowest BCUT2D eigenvalue weighted by molar-refractivity contribution is 0.0674. The summed E-state index contributed by atoms with van der Waals surface area (Å²) in [6, 6.07) is 6.36. The van der Waals surface area contributed by atoms with Crippen LogP contribution in [0.3, 0.4) is 0 Å². The first-order valence-corrected chi connectivity index (χ1v) is 9.20. The molecule has 0 N–H and O–H groups in total. The van der Waals surface area contributed by atoms with Crippen molar-refractivity contribution in [2.24, 2.45) is 0 Å². The van der Waals surface area contributed by atoms with Gasteiger partial charge in [-0.2, -0.15) is 9.78 Å². The second-order valence-electron chi connectivity index (χ2n) is 6.31. The molecule has 0 saturated heterocycles. The second kappa shape index (κ2) is 8.88. The molecule has 1 unspecified atom stereocenters. The molecule has 9 heteroatoms. The number of aryl methyl sites for hydroxylation is 1. The zero-order valence-corrected chi connectivity index (χ0v) is 16.3. The maximum absolute atomic E-state index is 13.2. The Morgan fingerprint density at radius 3 is 2.68 bits per heavy atom. The monoisotopic (exact) mass is 402 g/mol. The van der Waals surface area contributed by atoms with Gasteiger partial charge in [-0.15, -0.1) is 0 Å². The fourth-order valence-corrected chi connectivity index (χ4v) is 3.25. The fraction of sp³-hybridized carbons (Fsp3) is 0.316. The van der Waals surface area contributed by atoms with Gasteiger partial charge in [-0.25, -0.2) is 15.0 Å². The second-order valence-corrected chi connectivity index (χ2v) is 6.75. The number of carbonyl (C=O) groups excluding carboxylic acids is 1. The minimum atomic E-state index is -0.528. The Balaban J connectivity index is 1.96. The van der Waals surface area contributed by atoms with E-state index < -0.39 is 12.7 Å². The van der Waals surface area contributed by atoms with E-state index in [0.717, 1.165) is 5.56 Å². The van der Waals surface area contributed by atoms with Crippen LogP contribution < -0.4 is 0 Å². The third-order valence-electron chi connectivity index (χ3n) is 4.24. The number of hydrogen-bond donors (Lipinski definition) is 0. The van der Waals surface area contributed by atoms with Crippen molar-refractivity contribution in [3.63, 3.8) is 0 Å². The smallest absolute Gasteiger partial charge is 0.254 e. The molecule has 1 atom stereocenters. The molecule has 7 nitrogen and oxygen atoms in total. The van der Waals surface area contributed by atoms with Gasteiger partial charge in [0.05, 0.1) is 12.7 Å². The minimum Gasteiger partial charge on any atom is -0.329 e. The van der Waals surface area contributed by atoms with Crippen LogP contribution in [0, 0.1) is 6.92 Å². The quantitative estimate of drug-likeness (QED) is 0.603. The maximum atomic E-state index is 13.2. The molecule has 0 saturated carbocycles. The summed E-state index contributed by atoms with van der Waals surface area (Å²) in [5.74, 6) is 0.575. The number of alkyl halides is 1. The SMILES string of the molecule is Cc1cc(Cl)cc(C(=O)N(CCCF)C(C)c2ncnn2-c2ncccn2)c1. The Morgan fingerprint density at radius 1 is 1.25 bits per heavy atom. The number of aromatic nitrogens is 5. The van der Waals surface area contributed by atoms with Crippen LogP contribution in [0.2, 0.25) is 5.02 Å². The number of hydrogen-bond acceptors (Lipinski definition) is 5. The Kier molecular flexibility index (Phi) is 6.30. The van der Waals surface area contributed by atoms with Crippen molar-refractivity contribution in [2.45, 2.75) is 26.3 Å². The lowest BCUT2D eigenvalue weighted by Crippen LogP contribution is -2.36. The molecule has 0 spiro atoms. The number of nitrogens with zero attached hydrogens (tertiary/aromatic N) is 6. The molecule has 146 valence electrons. The molecule has 0 radical (unpaired) electrons. The lowest BCUT2D eigenvalue weighted by atomic mass is 10.1. The van der Waals surface area contributed by atoms with Gasteiger partial charge in [-0.05, 0) is 50.1 Å². The van der Waals surface area contributed by atoms with E-state index >= 15 is 0 Å². The molecule has 3 rings (SSSR count). The molecule has 0 aliphatic heterocycles. The summed E-state index contributed by atoms with van der Waals surface area (Å²) in [5, 5.41) is 4.65. The van der Waals surface area contributed by atoms with Crippen LogP contribution in [0.1, 0.15) is 41.1 Å². The van der Waals surface area contributed by atoms with E-state index in [1.54, 1.807) is 41.6 Å². The highest BCUT2D eigenvalue weighted by Gasteiger charge is 2.27. The van der Waals surface area contributed by atoms with Crippen molar-refractivity contribution < 1.29 is 9.18 Å². The van der Waals surface area contributed by atoms with Gasteiger partial charge in [0.15, 0.2) is 5.82 Å². The van der Waals surface area contributed by atoms with Crippen LogP contribution in [-0.4, -0.2) is 48.8 Å². The minimum absolute atomic E-state index is 0.214. The van der Waals surface area contributed by atoms with Crippen LogP contribution >= 0.6 is 11.6 Å². The first-order chi connectivity index (χ1) is 13.5. The Hall–Kier alpha value is -2.87. The van der Waals surface area contributed by atoms with Crippen LogP contribution in [0.15, 0.2) is 43.0 Å². The van der Waals surface area contributed by atoms with Crippen LogP contribution in [0.25, 0.3) is 5.95 Å². The third-order valence-corrected chi connectivity index (χ3v) is 4.46. The van der Waals surface area contributed by atoms with Crippen LogP contribution in [0.5, 0.6) is 0 Å². The highest BCUT2D eigenvalue weighted by Crippen LogP contribution is 2.24. The van der Waals surface area contributed by atoms with Gasteiger partial charge in [0.2, 0.25) is 0 Å². The van der Waals surface area contributed by atoms with Crippen molar-refractivity contribution in [1.29, 1.82) is 0 Å². The molecule has 1 amide bonds. The summed E-state index contributed by atoms with van der Waals surface area (Å²) >= 11 is 6.11. The number of benzene rings is 1. The molecule has 0 aliphatic carbocycles. The third kappa shape index (κ3) is 4.33. The average molecular weight is 403 g/mol. The van der Waals surface area contributed by atoms with Gasteiger partial charge in [-0.1, -0.05) is 11.6 Å². The topological polar surface area (TPSA) is 76.8 Å². The van der Waals surface area contributed by atoms with Gasteiger partial charge in [0.1, 0.15) is 6.33 Å². The van der Waals surface area contributed by atoms with E-state index in [1.807, 2.05) is 13.8 Å². The van der Waals surface area contributed by atoms with Crippen molar-refractivity contribution in [2.75, 3.05) is 13.2 Å². The molecular weight excluding hydrogens is 383 g/mol. The summed E-state index contributed by atoms with van der Waals surface area (Å²) in [6.45, 7) is 3.38. The van der Waals surface area contributed by atoms with Gasteiger partial charge < -0.3 is 4.90 Å². The van der Waals surface area contributed by atoms with E-state index in [0.29, 0.717) is 22.4 Å². The molecule has 2 aromatic heterocycles. The number of halogens is 2. The summed E-state index contributed by atoms with van der Waals surface area (Å²) in [7, 11) is 0. The number of amides is 1. The highest BCUT2D eigenvalue weighted by molar-refractivity contribution is 6.31. The fourth-order valence-electron chi connectivity index (χ4n) is 2.96. The zero-order valence-electron chi connectivity index (χ0n) is 15.6. The lowest BCUT2D eigenvalue weighted by Gasteiger charge is -2.28. The molecule has 28 heavy (non-hydrogen) atoms. The molecule has 2 heterocycles. The van der Waals surface area contributed by atoms with Gasteiger partial charge in [0.25, 0.3) is 11.9 Å². The largest absolute Gasteiger partial charge is 0.329 e. The zero-order chi connectivity index (χ0) is 20.1. The summed E-state index contributed by atoms with van der Waals surface area (Å²) < 4.78 is 14.4. The first kappa shape index (κ1) is 19.9. The Bertz CT molecular complexity index is 928. The summed E-state index contributed by atoms with van der Waals surface area (Å²) in [6.07, 6.45) is 4.79. The predicted molar refractivity (Wildman–Crippen MR) is 103 cm³/mol. The summed E-state index contributed by atoms with van der Waals surface area (Å²) in [4.78, 5) is 27.4. The highest BCUT2D eigenvalue weighted by atomic mass is 35.5. The normalized spacial score (nSPS) is 12.0. The van der Waals surface area contributed by atoms with E-state index in [-0.39, 0.29) is 18.9 Å². The van der Waals surface area contributed by atoms with Gasteiger partial charge in [-0.3, -0.25) is 9.18 Å². The van der Waals surface area contributed by atoms with Crippen molar-refractivity contribution in [3.8, 4) is 5.95 Å². The van der Waals surface area contributed by atoms with Crippen LogP contribution in [0.4, 0.5) is 4.39 Å². The van der Waals surface area contributed by atoms with Crippen molar-refractivity contribution >= 4 is 17.5 Å².